The Kier molecular flexibility index (Phi) is 4.14. The van der Waals surface area contributed by atoms with Gasteiger partial charge in [-0.05, 0) is 48.0 Å². The highest BCUT2D eigenvalue weighted by Crippen LogP contribution is 2.30. The van der Waals surface area contributed by atoms with Crippen molar-refractivity contribution in [3.05, 3.63) is 88.2 Å². The van der Waals surface area contributed by atoms with Gasteiger partial charge in [0, 0.05) is 40.6 Å². The minimum atomic E-state index is -0.310. The third kappa shape index (κ3) is 3.17. The van der Waals surface area contributed by atoms with Crippen LogP contribution in [-0.4, -0.2) is 9.97 Å². The number of anilines is 2. The zero-order chi connectivity index (χ0) is 18.1. The number of hydrogen-bond donors (Lipinski definition) is 2. The Labute approximate surface area is 153 Å². The van der Waals surface area contributed by atoms with Crippen LogP contribution in [0, 0.1) is 5.82 Å². The van der Waals surface area contributed by atoms with Crippen molar-refractivity contribution in [1.29, 1.82) is 0 Å². The van der Waals surface area contributed by atoms with E-state index < -0.39 is 0 Å². The molecule has 0 saturated heterocycles. The van der Waals surface area contributed by atoms with Crippen LogP contribution in [0.2, 0.25) is 5.15 Å². The molecule has 0 atom stereocenters. The molecule has 0 aliphatic carbocycles. The Morgan fingerprint density at radius 1 is 1.00 bits per heavy atom. The van der Waals surface area contributed by atoms with Crippen LogP contribution in [0.15, 0.2) is 71.8 Å². The molecular weight excluding hydrogens is 353 g/mol. The molecule has 0 radical (unpaired) electrons. The number of fused-ring (bicyclic) bond motifs is 1. The Morgan fingerprint density at radius 3 is 2.62 bits per heavy atom. The lowest BCUT2D eigenvalue weighted by molar-refractivity contribution is 0.628. The highest BCUT2D eigenvalue weighted by Gasteiger charge is 2.08. The molecule has 4 aromatic rings. The van der Waals surface area contributed by atoms with Crippen LogP contribution in [0.25, 0.3) is 22.0 Å². The first kappa shape index (κ1) is 16.3. The standard InChI is InChI=1S/C20H13ClFN3O/c21-20-18(25-15-4-2-14(22)3-5-15)10-13(11-24-20)12-1-6-17-16(9-12)19(26)7-8-23-17/h1-11,25H,(H,23,26). The average Bonchev–Trinajstić information content (AvgIpc) is 2.65. The van der Waals surface area contributed by atoms with E-state index in [1.807, 2.05) is 24.3 Å². The minimum Gasteiger partial charge on any atom is -0.361 e. The van der Waals surface area contributed by atoms with Gasteiger partial charge in [-0.15, -0.1) is 0 Å². The van der Waals surface area contributed by atoms with E-state index in [-0.39, 0.29) is 11.2 Å². The van der Waals surface area contributed by atoms with E-state index in [0.717, 1.165) is 16.6 Å². The predicted octanol–water partition coefficient (Wildman–Crippen LogP) is 5.13. The Hall–Kier alpha value is -3.18. The zero-order valence-electron chi connectivity index (χ0n) is 13.5. The largest absolute Gasteiger partial charge is 0.361 e. The number of H-pyrrole nitrogens is 1. The van der Waals surface area contributed by atoms with Crippen molar-refractivity contribution < 1.29 is 4.39 Å². The van der Waals surface area contributed by atoms with Crippen LogP contribution >= 0.6 is 11.6 Å². The second-order valence-electron chi connectivity index (χ2n) is 5.80. The van der Waals surface area contributed by atoms with Gasteiger partial charge in [-0.3, -0.25) is 4.79 Å². The monoisotopic (exact) mass is 365 g/mol. The van der Waals surface area contributed by atoms with Crippen molar-refractivity contribution in [2.24, 2.45) is 0 Å². The zero-order valence-corrected chi connectivity index (χ0v) is 14.2. The molecule has 4 nitrogen and oxygen atoms in total. The molecule has 2 N–H and O–H groups in total. The van der Waals surface area contributed by atoms with Gasteiger partial charge in [0.1, 0.15) is 5.82 Å². The van der Waals surface area contributed by atoms with Gasteiger partial charge in [-0.25, -0.2) is 9.37 Å². The molecule has 0 bridgehead atoms. The topological polar surface area (TPSA) is 57.8 Å². The second kappa shape index (κ2) is 6.61. The molecular formula is C20H13ClFN3O. The van der Waals surface area contributed by atoms with Crippen LogP contribution in [-0.2, 0) is 0 Å². The highest BCUT2D eigenvalue weighted by atomic mass is 35.5. The quantitative estimate of drug-likeness (QED) is 0.495. The molecule has 0 saturated carbocycles. The third-order valence-electron chi connectivity index (χ3n) is 4.05. The van der Waals surface area contributed by atoms with Crippen LogP contribution < -0.4 is 10.7 Å². The summed E-state index contributed by atoms with van der Waals surface area (Å²) in [5.74, 6) is -0.310. The molecule has 0 aliphatic rings. The molecule has 6 heteroatoms. The summed E-state index contributed by atoms with van der Waals surface area (Å²) in [6, 6.07) is 14.9. The molecule has 0 aliphatic heterocycles. The van der Waals surface area contributed by atoms with Crippen molar-refractivity contribution in [3.8, 4) is 11.1 Å². The lowest BCUT2D eigenvalue weighted by Gasteiger charge is -2.10. The van der Waals surface area contributed by atoms with Gasteiger partial charge >= 0.3 is 0 Å². The summed E-state index contributed by atoms with van der Waals surface area (Å²) in [7, 11) is 0. The third-order valence-corrected chi connectivity index (χ3v) is 4.36. The van der Waals surface area contributed by atoms with E-state index in [1.165, 1.54) is 18.2 Å². The highest BCUT2D eigenvalue weighted by molar-refractivity contribution is 6.32. The van der Waals surface area contributed by atoms with Crippen LogP contribution in [0.4, 0.5) is 15.8 Å². The van der Waals surface area contributed by atoms with E-state index in [4.69, 9.17) is 11.6 Å². The maximum atomic E-state index is 13.1. The number of benzene rings is 2. The molecule has 4 rings (SSSR count). The van der Waals surface area contributed by atoms with Crippen molar-refractivity contribution in [3.63, 3.8) is 0 Å². The van der Waals surface area contributed by atoms with Gasteiger partial charge < -0.3 is 10.3 Å². The number of nitrogens with one attached hydrogen (secondary N) is 2. The van der Waals surface area contributed by atoms with Crippen LogP contribution in [0.3, 0.4) is 0 Å². The first-order valence-corrected chi connectivity index (χ1v) is 8.28. The number of aromatic amines is 1. The van der Waals surface area contributed by atoms with Gasteiger partial charge in [0.25, 0.3) is 0 Å². The molecule has 2 aromatic heterocycles. The number of aromatic nitrogens is 2. The Morgan fingerprint density at radius 2 is 1.81 bits per heavy atom. The van der Waals surface area contributed by atoms with Crippen LogP contribution in [0.1, 0.15) is 0 Å². The first-order valence-electron chi connectivity index (χ1n) is 7.90. The number of rotatable bonds is 3. The normalized spacial score (nSPS) is 10.8. The molecule has 2 heterocycles. The Bertz CT molecular complexity index is 1160. The van der Waals surface area contributed by atoms with E-state index in [0.29, 0.717) is 21.9 Å². The maximum Gasteiger partial charge on any atom is 0.189 e. The summed E-state index contributed by atoms with van der Waals surface area (Å²) in [6.45, 7) is 0. The van der Waals surface area contributed by atoms with Gasteiger partial charge in [0.15, 0.2) is 10.6 Å². The summed E-state index contributed by atoms with van der Waals surface area (Å²) in [5.41, 5.74) is 3.67. The fourth-order valence-corrected chi connectivity index (χ4v) is 2.88. The smallest absolute Gasteiger partial charge is 0.189 e. The number of nitrogens with zero attached hydrogens (tertiary/aromatic N) is 1. The molecule has 0 spiro atoms. The minimum absolute atomic E-state index is 0.0489. The second-order valence-corrected chi connectivity index (χ2v) is 6.15. The summed E-state index contributed by atoms with van der Waals surface area (Å²) in [6.07, 6.45) is 3.27. The first-order chi connectivity index (χ1) is 12.6. The summed E-state index contributed by atoms with van der Waals surface area (Å²) in [4.78, 5) is 19.3. The summed E-state index contributed by atoms with van der Waals surface area (Å²) >= 11 is 6.18. The number of pyridine rings is 2. The SMILES string of the molecule is O=c1cc[nH]c2ccc(-c3cnc(Cl)c(Nc4ccc(F)cc4)c3)cc12. The lowest BCUT2D eigenvalue weighted by atomic mass is 10.0. The number of halogens is 2. The molecule has 0 amide bonds. The maximum absolute atomic E-state index is 13.1. The summed E-state index contributed by atoms with van der Waals surface area (Å²) < 4.78 is 13.1. The summed E-state index contributed by atoms with van der Waals surface area (Å²) in [5, 5.41) is 4.04. The van der Waals surface area contributed by atoms with Crippen molar-refractivity contribution in [2.75, 3.05) is 5.32 Å². The number of hydrogen-bond acceptors (Lipinski definition) is 3. The lowest BCUT2D eigenvalue weighted by Crippen LogP contribution is -2.00. The molecule has 0 unspecified atom stereocenters. The molecule has 2 aromatic carbocycles. The van der Waals surface area contributed by atoms with Crippen molar-refractivity contribution in [1.82, 2.24) is 9.97 Å². The van der Waals surface area contributed by atoms with Gasteiger partial charge in [-0.1, -0.05) is 17.7 Å². The molecule has 128 valence electrons. The molecule has 26 heavy (non-hydrogen) atoms. The fraction of sp³-hybridized carbons (Fsp3) is 0. The van der Waals surface area contributed by atoms with E-state index in [2.05, 4.69) is 15.3 Å². The van der Waals surface area contributed by atoms with E-state index in [1.54, 1.807) is 24.5 Å². The van der Waals surface area contributed by atoms with E-state index >= 15 is 0 Å². The van der Waals surface area contributed by atoms with Gasteiger partial charge in [0.2, 0.25) is 0 Å². The van der Waals surface area contributed by atoms with Crippen LogP contribution in [0.5, 0.6) is 0 Å². The van der Waals surface area contributed by atoms with Gasteiger partial charge in [-0.2, -0.15) is 0 Å². The predicted molar refractivity (Wildman–Crippen MR) is 102 cm³/mol. The van der Waals surface area contributed by atoms with Crippen molar-refractivity contribution >= 4 is 33.9 Å². The average molecular weight is 366 g/mol. The van der Waals surface area contributed by atoms with Gasteiger partial charge in [0.05, 0.1) is 5.69 Å². The fourth-order valence-electron chi connectivity index (χ4n) is 2.73. The Balaban J connectivity index is 1.75. The molecule has 0 fully saturated rings. The van der Waals surface area contributed by atoms with Crippen molar-refractivity contribution in [2.45, 2.75) is 0 Å². The van der Waals surface area contributed by atoms with E-state index in [9.17, 15) is 9.18 Å².